The third-order valence-electron chi connectivity index (χ3n) is 4.08. The summed E-state index contributed by atoms with van der Waals surface area (Å²) in [6.07, 6.45) is -4.63. The molecule has 2 heterocycles. The largest absolute Gasteiger partial charge is 0.481 e. The first-order valence-electron chi connectivity index (χ1n) is 7.04. The van der Waals surface area contributed by atoms with Crippen LogP contribution in [0.3, 0.4) is 0 Å². The number of rotatable bonds is 3. The molecule has 1 saturated heterocycles. The van der Waals surface area contributed by atoms with Crippen molar-refractivity contribution in [3.05, 3.63) is 27.7 Å². The molecule has 1 aliphatic rings. The van der Waals surface area contributed by atoms with Gasteiger partial charge in [-0.25, -0.2) is 0 Å². The molecule has 3 rings (SSSR count). The van der Waals surface area contributed by atoms with E-state index in [1.165, 1.54) is 23.8 Å². The molecule has 24 heavy (non-hydrogen) atoms. The summed E-state index contributed by atoms with van der Waals surface area (Å²) in [5, 5.41) is 40.0. The molecule has 0 radical (unpaired) electrons. The normalized spacial score (nSPS) is 26.7. The summed E-state index contributed by atoms with van der Waals surface area (Å²) in [5.74, 6) is 0.140. The number of aliphatic hydroxyl groups excluding tert-OH is 3. The van der Waals surface area contributed by atoms with Gasteiger partial charge in [-0.2, -0.15) is 5.26 Å². The molecule has 1 aromatic heterocycles. The molecule has 1 aromatic carbocycles. The second kappa shape index (κ2) is 6.41. The molecule has 0 amide bonds. The first-order valence-corrected chi connectivity index (χ1v) is 7.79. The Labute approximate surface area is 147 Å². The molecule has 7 nitrogen and oxygen atoms in total. The van der Waals surface area contributed by atoms with Crippen LogP contribution >= 0.6 is 23.2 Å². The average Bonchev–Trinajstić information content (AvgIpc) is 3.02. The number of methoxy groups -OCH3 is 1. The van der Waals surface area contributed by atoms with Gasteiger partial charge < -0.3 is 24.8 Å². The Hall–Kier alpha value is -1.53. The third-order valence-corrected chi connectivity index (χ3v) is 4.80. The maximum absolute atomic E-state index is 10.3. The lowest BCUT2D eigenvalue weighted by Crippen LogP contribution is -2.33. The molecule has 0 saturated carbocycles. The average molecular weight is 373 g/mol. The minimum absolute atomic E-state index is 0.140. The molecule has 3 N–H and O–H groups in total. The Balaban J connectivity index is 2.28. The lowest BCUT2D eigenvalue weighted by atomic mass is 10.1. The number of halogens is 2. The smallest absolute Gasteiger partial charge is 0.214 e. The third kappa shape index (κ3) is 2.43. The van der Waals surface area contributed by atoms with E-state index in [4.69, 9.17) is 32.7 Å². The zero-order chi connectivity index (χ0) is 17.6. The summed E-state index contributed by atoms with van der Waals surface area (Å²) in [4.78, 5) is 0. The van der Waals surface area contributed by atoms with Gasteiger partial charge in [-0.05, 0) is 12.1 Å². The van der Waals surface area contributed by atoms with E-state index in [0.29, 0.717) is 10.9 Å². The van der Waals surface area contributed by atoms with E-state index in [1.807, 2.05) is 6.07 Å². The first kappa shape index (κ1) is 17.3. The van der Waals surface area contributed by atoms with E-state index in [-0.39, 0.29) is 21.5 Å². The van der Waals surface area contributed by atoms with E-state index in [1.54, 1.807) is 0 Å². The van der Waals surface area contributed by atoms with Crippen molar-refractivity contribution < 1.29 is 24.8 Å². The van der Waals surface area contributed by atoms with Crippen molar-refractivity contribution >= 4 is 34.1 Å². The number of fused-ring (bicyclic) bond motifs is 1. The fourth-order valence-electron chi connectivity index (χ4n) is 2.94. The molecular formula is C15H14Cl2N2O5. The lowest BCUT2D eigenvalue weighted by molar-refractivity contribution is -0.0530. The SMILES string of the molecule is COc1c(C#N)c2cc(Cl)c(Cl)cc2n1[C@@H]1O[C@H](CO)[C@@H](O)[C@H]1O. The molecule has 0 aliphatic carbocycles. The quantitative estimate of drug-likeness (QED) is 0.752. The Morgan fingerprint density at radius 1 is 1.29 bits per heavy atom. The topological polar surface area (TPSA) is 108 Å². The highest BCUT2D eigenvalue weighted by Gasteiger charge is 2.45. The fraction of sp³-hybridized carbons (Fsp3) is 0.400. The first-order chi connectivity index (χ1) is 11.4. The van der Waals surface area contributed by atoms with Crippen molar-refractivity contribution in [2.24, 2.45) is 0 Å². The van der Waals surface area contributed by atoms with E-state index < -0.39 is 31.1 Å². The standard InChI is InChI=1S/C15H14Cl2N2O5/c1-23-14-7(4-18)6-2-8(16)9(17)3-10(6)19(14)15-13(22)12(21)11(5-20)24-15/h2-3,11-13,15,20-22H,5H2,1H3/t11-,12-,13-,15-/m1/s1. The maximum atomic E-state index is 10.3. The number of aliphatic hydroxyl groups is 3. The molecule has 1 fully saturated rings. The van der Waals surface area contributed by atoms with Crippen LogP contribution in [0.4, 0.5) is 0 Å². The Bertz CT molecular complexity index is 832. The van der Waals surface area contributed by atoms with Crippen molar-refractivity contribution in [2.45, 2.75) is 24.5 Å². The summed E-state index contributed by atoms with van der Waals surface area (Å²) in [7, 11) is 1.37. The number of ether oxygens (including phenoxy) is 2. The van der Waals surface area contributed by atoms with E-state index in [9.17, 15) is 20.6 Å². The Morgan fingerprint density at radius 3 is 2.50 bits per heavy atom. The van der Waals surface area contributed by atoms with Gasteiger partial charge in [0, 0.05) is 5.39 Å². The summed E-state index contributed by atoms with van der Waals surface area (Å²) < 4.78 is 12.3. The predicted molar refractivity (Wildman–Crippen MR) is 86.2 cm³/mol. The van der Waals surface area contributed by atoms with Crippen molar-refractivity contribution in [2.75, 3.05) is 13.7 Å². The Morgan fingerprint density at radius 2 is 1.96 bits per heavy atom. The molecule has 1 aliphatic heterocycles. The highest BCUT2D eigenvalue weighted by molar-refractivity contribution is 6.42. The molecule has 2 aromatic rings. The van der Waals surface area contributed by atoms with Crippen LogP contribution in [-0.2, 0) is 4.74 Å². The fourth-order valence-corrected chi connectivity index (χ4v) is 3.26. The van der Waals surface area contributed by atoms with Crippen LogP contribution < -0.4 is 4.74 Å². The van der Waals surface area contributed by atoms with Crippen molar-refractivity contribution in [3.8, 4) is 11.9 Å². The van der Waals surface area contributed by atoms with Gasteiger partial charge in [0.2, 0.25) is 5.88 Å². The van der Waals surface area contributed by atoms with Gasteiger partial charge in [-0.15, -0.1) is 0 Å². The van der Waals surface area contributed by atoms with Crippen LogP contribution in [0, 0.1) is 11.3 Å². The van der Waals surface area contributed by atoms with Gasteiger partial charge in [0.15, 0.2) is 6.23 Å². The van der Waals surface area contributed by atoms with Crippen LogP contribution in [0.15, 0.2) is 12.1 Å². The number of benzene rings is 1. The number of nitriles is 1. The van der Waals surface area contributed by atoms with Crippen LogP contribution in [0.25, 0.3) is 10.9 Å². The molecule has 4 atom stereocenters. The van der Waals surface area contributed by atoms with Gasteiger partial charge in [-0.1, -0.05) is 23.2 Å². The molecule has 0 unspecified atom stereocenters. The van der Waals surface area contributed by atoms with Crippen molar-refractivity contribution in [3.63, 3.8) is 0 Å². The van der Waals surface area contributed by atoms with Crippen LogP contribution in [0.1, 0.15) is 11.8 Å². The minimum Gasteiger partial charge on any atom is -0.481 e. The molecule has 0 spiro atoms. The molecular weight excluding hydrogens is 359 g/mol. The van der Waals surface area contributed by atoms with Crippen molar-refractivity contribution in [1.82, 2.24) is 4.57 Å². The van der Waals surface area contributed by atoms with E-state index in [0.717, 1.165) is 0 Å². The summed E-state index contributed by atoms with van der Waals surface area (Å²) in [5.41, 5.74) is 0.649. The molecule has 9 heteroatoms. The number of nitrogens with zero attached hydrogens (tertiary/aromatic N) is 2. The van der Waals surface area contributed by atoms with E-state index >= 15 is 0 Å². The molecule has 128 valence electrons. The highest BCUT2D eigenvalue weighted by Crippen LogP contribution is 2.42. The number of hydrogen-bond acceptors (Lipinski definition) is 6. The van der Waals surface area contributed by atoms with E-state index in [2.05, 4.69) is 0 Å². The summed E-state index contributed by atoms with van der Waals surface area (Å²) in [6.45, 7) is -0.464. The van der Waals surface area contributed by atoms with Gasteiger partial charge in [-0.3, -0.25) is 4.57 Å². The summed E-state index contributed by atoms with van der Waals surface area (Å²) in [6, 6.07) is 5.09. The number of hydrogen-bond donors (Lipinski definition) is 3. The summed E-state index contributed by atoms with van der Waals surface area (Å²) >= 11 is 12.1. The number of aromatic nitrogens is 1. The van der Waals surface area contributed by atoms with Gasteiger partial charge >= 0.3 is 0 Å². The van der Waals surface area contributed by atoms with Crippen LogP contribution in [-0.4, -0.2) is 51.9 Å². The minimum atomic E-state index is -1.33. The lowest BCUT2D eigenvalue weighted by Gasteiger charge is -2.20. The second-order valence-corrected chi connectivity index (χ2v) is 6.19. The zero-order valence-corrected chi connectivity index (χ0v) is 14.0. The zero-order valence-electron chi connectivity index (χ0n) is 12.5. The van der Waals surface area contributed by atoms with Crippen LogP contribution in [0.5, 0.6) is 5.88 Å². The predicted octanol–water partition coefficient (Wildman–Crippen LogP) is 1.44. The van der Waals surface area contributed by atoms with Gasteiger partial charge in [0.25, 0.3) is 0 Å². The molecule has 0 bridgehead atoms. The van der Waals surface area contributed by atoms with Gasteiger partial charge in [0.1, 0.15) is 29.9 Å². The van der Waals surface area contributed by atoms with Gasteiger partial charge in [0.05, 0.1) is 29.3 Å². The highest BCUT2D eigenvalue weighted by atomic mass is 35.5. The van der Waals surface area contributed by atoms with Crippen LogP contribution in [0.2, 0.25) is 10.0 Å². The maximum Gasteiger partial charge on any atom is 0.214 e. The Kier molecular flexibility index (Phi) is 4.62. The second-order valence-electron chi connectivity index (χ2n) is 5.38. The monoisotopic (exact) mass is 372 g/mol. The van der Waals surface area contributed by atoms with Crippen molar-refractivity contribution in [1.29, 1.82) is 5.26 Å².